The molecule has 0 aromatic carbocycles. The number of carbonyl (C=O) groups is 1. The van der Waals surface area contributed by atoms with Crippen LogP contribution in [0, 0.1) is 0 Å². The van der Waals surface area contributed by atoms with Gasteiger partial charge in [0.25, 0.3) is 0 Å². The molecular formula is C14H21F3N2O3Si. The van der Waals surface area contributed by atoms with E-state index in [1.165, 1.54) is 0 Å². The van der Waals surface area contributed by atoms with Crippen molar-refractivity contribution in [3.05, 3.63) is 24.0 Å². The van der Waals surface area contributed by atoms with Crippen LogP contribution in [0.3, 0.4) is 0 Å². The van der Waals surface area contributed by atoms with E-state index in [0.717, 1.165) is 18.3 Å². The molecule has 1 unspecified atom stereocenters. The normalized spacial score (nSPS) is 15.3. The number of primary amides is 1. The lowest BCUT2D eigenvalue weighted by molar-refractivity contribution is -0.185. The monoisotopic (exact) mass is 350 g/mol. The quantitative estimate of drug-likeness (QED) is 0.816. The summed E-state index contributed by atoms with van der Waals surface area (Å²) in [5.74, 6) is -3.42. The van der Waals surface area contributed by atoms with Crippen LogP contribution >= 0.6 is 0 Å². The van der Waals surface area contributed by atoms with Gasteiger partial charge in [-0.15, -0.1) is 0 Å². The second-order valence-corrected chi connectivity index (χ2v) is 11.3. The number of nitrogens with zero attached hydrogens (tertiary/aromatic N) is 1. The van der Waals surface area contributed by atoms with Gasteiger partial charge in [0.1, 0.15) is 5.69 Å². The maximum atomic E-state index is 14.9. The summed E-state index contributed by atoms with van der Waals surface area (Å²) in [5, 5.41) is -0.464. The van der Waals surface area contributed by atoms with Crippen LogP contribution in [0.15, 0.2) is 18.3 Å². The summed E-state index contributed by atoms with van der Waals surface area (Å²) in [6, 6.07) is 2.11. The molecule has 0 bridgehead atoms. The highest BCUT2D eigenvalue weighted by Crippen LogP contribution is 2.44. The Morgan fingerprint density at radius 2 is 1.87 bits per heavy atom. The van der Waals surface area contributed by atoms with Gasteiger partial charge in [0.15, 0.2) is 14.1 Å². The second kappa shape index (κ2) is 6.48. The Bertz CT molecular complexity index is 561. The molecule has 0 aliphatic carbocycles. The number of carbonyl (C=O) groups excluding carboxylic acids is 1. The van der Waals surface area contributed by atoms with Crippen LogP contribution in [0.5, 0.6) is 5.75 Å². The number of alkyl halides is 3. The Balaban J connectivity index is 3.17. The standard InChI is InChI=1S/C14H21F3N2O3Si/c1-13(2,3)23(4,5)22-14(17,11(15)16)10-7-6-9(8-19-10)21-12(18)20/h6-8,11H,1-5H3,(H2,18,20). The van der Waals surface area contributed by atoms with E-state index in [-0.39, 0.29) is 5.75 Å². The zero-order chi connectivity index (χ0) is 18.1. The molecule has 1 atom stereocenters. The lowest BCUT2D eigenvalue weighted by Gasteiger charge is -2.41. The van der Waals surface area contributed by atoms with Crippen LogP contribution in [0.25, 0.3) is 0 Å². The van der Waals surface area contributed by atoms with Gasteiger partial charge in [0.2, 0.25) is 0 Å². The molecule has 1 aromatic rings. The number of hydrogen-bond acceptors (Lipinski definition) is 4. The lowest BCUT2D eigenvalue weighted by Crippen LogP contribution is -2.49. The molecule has 1 aromatic heterocycles. The predicted molar refractivity (Wildman–Crippen MR) is 81.5 cm³/mol. The first-order valence-corrected chi connectivity index (χ1v) is 9.81. The van der Waals surface area contributed by atoms with E-state index in [2.05, 4.69) is 9.72 Å². The summed E-state index contributed by atoms with van der Waals surface area (Å²) in [5.41, 5.74) is 4.24. The average molecular weight is 350 g/mol. The molecule has 9 heteroatoms. The van der Waals surface area contributed by atoms with E-state index < -0.39 is 37.4 Å². The number of rotatable bonds is 5. The molecule has 2 N–H and O–H groups in total. The van der Waals surface area contributed by atoms with Crippen LogP contribution in [-0.4, -0.2) is 25.8 Å². The largest absolute Gasteiger partial charge is 0.410 e. The van der Waals surface area contributed by atoms with E-state index in [9.17, 15) is 18.0 Å². The third-order valence-corrected chi connectivity index (χ3v) is 8.21. The van der Waals surface area contributed by atoms with E-state index >= 15 is 0 Å². The van der Waals surface area contributed by atoms with Crippen molar-refractivity contribution in [1.82, 2.24) is 4.98 Å². The van der Waals surface area contributed by atoms with Gasteiger partial charge in [-0.05, 0) is 30.3 Å². The number of nitrogens with two attached hydrogens (primary N) is 1. The predicted octanol–water partition coefficient (Wildman–Crippen LogP) is 3.95. The van der Waals surface area contributed by atoms with Gasteiger partial charge >= 0.3 is 18.4 Å². The van der Waals surface area contributed by atoms with Crippen LogP contribution in [0.4, 0.5) is 18.0 Å². The van der Waals surface area contributed by atoms with E-state index in [1.807, 2.05) is 20.8 Å². The van der Waals surface area contributed by atoms with Crippen molar-refractivity contribution in [3.63, 3.8) is 0 Å². The SMILES string of the molecule is CC(C)(C)[Si](C)(C)OC(F)(c1ccc(OC(N)=O)cn1)C(F)F. The zero-order valence-corrected chi connectivity index (χ0v) is 14.7. The Hall–Kier alpha value is -1.61. The Kier molecular flexibility index (Phi) is 5.48. The first kappa shape index (κ1) is 19.4. The van der Waals surface area contributed by atoms with Gasteiger partial charge in [0.05, 0.1) is 6.20 Å². The van der Waals surface area contributed by atoms with Crippen molar-refractivity contribution in [3.8, 4) is 5.75 Å². The third-order valence-electron chi connectivity index (χ3n) is 3.79. The highest BCUT2D eigenvalue weighted by Gasteiger charge is 2.52. The van der Waals surface area contributed by atoms with Gasteiger partial charge in [-0.1, -0.05) is 20.8 Å². The first-order chi connectivity index (χ1) is 10.3. The van der Waals surface area contributed by atoms with E-state index in [0.29, 0.717) is 0 Å². The Labute approximate surface area is 134 Å². The molecule has 0 radical (unpaired) electrons. The zero-order valence-electron chi connectivity index (χ0n) is 13.7. The van der Waals surface area contributed by atoms with E-state index in [1.54, 1.807) is 13.1 Å². The molecule has 1 amide bonds. The number of aromatic nitrogens is 1. The molecule has 130 valence electrons. The van der Waals surface area contributed by atoms with Crippen molar-refractivity contribution in [2.24, 2.45) is 5.73 Å². The number of amides is 1. The van der Waals surface area contributed by atoms with Crippen molar-refractivity contribution in [2.75, 3.05) is 0 Å². The molecule has 0 spiro atoms. The van der Waals surface area contributed by atoms with Gasteiger partial charge in [0, 0.05) is 0 Å². The maximum Gasteiger partial charge on any atom is 0.410 e. The average Bonchev–Trinajstić information content (AvgIpc) is 2.36. The number of pyridine rings is 1. The van der Waals surface area contributed by atoms with Crippen molar-refractivity contribution in [2.45, 2.75) is 51.2 Å². The molecule has 0 saturated heterocycles. The summed E-state index contributed by atoms with van der Waals surface area (Å²) in [7, 11) is -2.83. The Morgan fingerprint density at radius 1 is 1.30 bits per heavy atom. The van der Waals surface area contributed by atoms with Gasteiger partial charge in [-0.25, -0.2) is 13.6 Å². The van der Waals surface area contributed by atoms with Crippen molar-refractivity contribution < 1.29 is 27.1 Å². The van der Waals surface area contributed by atoms with Crippen LogP contribution < -0.4 is 10.5 Å². The fourth-order valence-corrected chi connectivity index (χ4v) is 2.73. The first-order valence-electron chi connectivity index (χ1n) is 6.90. The van der Waals surface area contributed by atoms with Crippen LogP contribution in [0.1, 0.15) is 26.5 Å². The minimum atomic E-state index is -3.42. The number of hydrogen-bond donors (Lipinski definition) is 1. The molecule has 1 heterocycles. The summed E-state index contributed by atoms with van der Waals surface area (Å²) in [4.78, 5) is 14.2. The molecule has 0 aliphatic rings. The van der Waals surface area contributed by atoms with Crippen molar-refractivity contribution >= 4 is 14.4 Å². The smallest absolute Gasteiger partial charge is 0.409 e. The third kappa shape index (κ3) is 4.44. The van der Waals surface area contributed by atoms with Crippen LogP contribution in [0.2, 0.25) is 18.1 Å². The minimum absolute atomic E-state index is 0.0785. The number of halogens is 3. The maximum absolute atomic E-state index is 14.9. The number of ether oxygens (including phenoxy) is 1. The summed E-state index contributed by atoms with van der Waals surface area (Å²) in [6.45, 7) is 8.75. The fourth-order valence-electron chi connectivity index (χ4n) is 1.49. The topological polar surface area (TPSA) is 74.4 Å². The lowest BCUT2D eigenvalue weighted by atomic mass is 10.2. The highest BCUT2D eigenvalue weighted by atomic mass is 28.4. The summed E-state index contributed by atoms with van der Waals surface area (Å²) in [6.07, 6.45) is -3.57. The van der Waals surface area contributed by atoms with Gasteiger partial charge in [-0.3, -0.25) is 4.98 Å². The summed E-state index contributed by atoms with van der Waals surface area (Å²) >= 11 is 0. The molecule has 0 aliphatic heterocycles. The van der Waals surface area contributed by atoms with Crippen LogP contribution in [-0.2, 0) is 10.3 Å². The molecule has 0 fully saturated rings. The molecule has 1 rings (SSSR count). The Morgan fingerprint density at radius 3 is 2.22 bits per heavy atom. The van der Waals surface area contributed by atoms with Gasteiger partial charge in [-0.2, -0.15) is 4.39 Å². The summed E-state index contributed by atoms with van der Waals surface area (Å²) < 4.78 is 51.5. The fraction of sp³-hybridized carbons (Fsp3) is 0.571. The highest BCUT2D eigenvalue weighted by molar-refractivity contribution is 6.74. The second-order valence-electron chi connectivity index (χ2n) is 6.61. The van der Waals surface area contributed by atoms with E-state index in [4.69, 9.17) is 10.2 Å². The van der Waals surface area contributed by atoms with Gasteiger partial charge < -0.3 is 14.9 Å². The molecule has 0 saturated carbocycles. The molecular weight excluding hydrogens is 329 g/mol. The van der Waals surface area contributed by atoms with Crippen molar-refractivity contribution in [1.29, 1.82) is 0 Å². The molecule has 5 nitrogen and oxygen atoms in total. The minimum Gasteiger partial charge on any atom is -0.409 e. The molecule has 23 heavy (non-hydrogen) atoms.